The number of rotatable bonds is 4. The van der Waals surface area contributed by atoms with Gasteiger partial charge in [0.05, 0.1) is 20.0 Å². The van der Waals surface area contributed by atoms with Gasteiger partial charge >= 0.3 is 0 Å². The quantitative estimate of drug-likeness (QED) is 0.765. The van der Waals surface area contributed by atoms with Crippen LogP contribution in [0, 0.1) is 0 Å². The molecule has 1 aromatic carbocycles. The molecule has 0 bridgehead atoms. The summed E-state index contributed by atoms with van der Waals surface area (Å²) in [5.74, 6) is 0.816. The van der Waals surface area contributed by atoms with Gasteiger partial charge in [-0.2, -0.15) is 0 Å². The molecule has 4 nitrogen and oxygen atoms in total. The molecule has 0 aliphatic carbocycles. The number of benzene rings is 1. The summed E-state index contributed by atoms with van der Waals surface area (Å²) < 4.78 is 31.8. The highest BCUT2D eigenvalue weighted by Gasteiger charge is 2.09. The second-order valence-electron chi connectivity index (χ2n) is 2.90. The van der Waals surface area contributed by atoms with Gasteiger partial charge in [0, 0.05) is 16.7 Å². The number of ether oxygens (including phenoxy) is 2. The average molecular weight is 251 g/mol. The van der Waals surface area contributed by atoms with Crippen molar-refractivity contribution >= 4 is 19.7 Å². The van der Waals surface area contributed by atoms with Crippen LogP contribution in [-0.2, 0) is 14.8 Å². The van der Waals surface area contributed by atoms with E-state index in [0.717, 1.165) is 0 Å². The number of halogens is 1. The summed E-state index contributed by atoms with van der Waals surface area (Å²) in [6.45, 7) is 0. The lowest BCUT2D eigenvalue weighted by molar-refractivity contribution is 0.393. The first kappa shape index (κ1) is 12.1. The van der Waals surface area contributed by atoms with Crippen molar-refractivity contribution in [2.75, 3.05) is 14.2 Å². The van der Waals surface area contributed by atoms with E-state index in [9.17, 15) is 8.42 Å². The van der Waals surface area contributed by atoms with Crippen molar-refractivity contribution < 1.29 is 17.9 Å². The molecule has 0 saturated heterocycles. The molecule has 0 N–H and O–H groups in total. The van der Waals surface area contributed by atoms with Crippen molar-refractivity contribution in [1.82, 2.24) is 0 Å². The van der Waals surface area contributed by atoms with E-state index >= 15 is 0 Å². The van der Waals surface area contributed by atoms with Gasteiger partial charge in [0.2, 0.25) is 9.05 Å². The van der Waals surface area contributed by atoms with Gasteiger partial charge in [-0.25, -0.2) is 8.42 Å². The molecule has 84 valence electrons. The molecule has 0 atom stereocenters. The molecule has 0 aromatic heterocycles. The number of methoxy groups -OCH3 is 2. The zero-order valence-corrected chi connectivity index (χ0v) is 9.93. The number of hydrogen-bond acceptors (Lipinski definition) is 4. The first-order valence-corrected chi connectivity index (χ1v) is 6.57. The Morgan fingerprint density at radius 2 is 1.60 bits per heavy atom. The molecule has 0 aliphatic rings. The summed E-state index contributed by atoms with van der Waals surface area (Å²) in [5, 5.41) is 0. The molecule has 15 heavy (non-hydrogen) atoms. The Labute approximate surface area is 93.2 Å². The number of hydrogen-bond donors (Lipinski definition) is 0. The Bertz CT molecular complexity index is 419. The first-order chi connectivity index (χ1) is 6.94. The van der Waals surface area contributed by atoms with E-state index in [-0.39, 0.29) is 5.75 Å². The lowest BCUT2D eigenvalue weighted by Crippen LogP contribution is -1.97. The standard InChI is InChI=1S/C9H11ClO4S/c1-13-8-3-7(6-15(10,11)12)4-9(5-8)14-2/h3-5H,6H2,1-2H3. The van der Waals surface area contributed by atoms with Crippen molar-refractivity contribution in [2.45, 2.75) is 5.75 Å². The summed E-state index contributed by atoms with van der Waals surface area (Å²) in [4.78, 5) is 0. The summed E-state index contributed by atoms with van der Waals surface area (Å²) in [7, 11) is 4.57. The third-order valence-corrected chi connectivity index (χ3v) is 2.76. The van der Waals surface area contributed by atoms with Gasteiger partial charge in [-0.15, -0.1) is 0 Å². The molecule has 0 amide bonds. The lowest BCUT2D eigenvalue weighted by Gasteiger charge is -2.06. The maximum atomic E-state index is 10.9. The molecule has 0 unspecified atom stereocenters. The summed E-state index contributed by atoms with van der Waals surface area (Å²) in [5.41, 5.74) is 0.529. The van der Waals surface area contributed by atoms with Crippen molar-refractivity contribution in [3.05, 3.63) is 23.8 Å². The van der Waals surface area contributed by atoms with Crippen LogP contribution in [0.25, 0.3) is 0 Å². The van der Waals surface area contributed by atoms with Crippen LogP contribution >= 0.6 is 10.7 Å². The lowest BCUT2D eigenvalue weighted by atomic mass is 10.2. The predicted octanol–water partition coefficient (Wildman–Crippen LogP) is 1.77. The first-order valence-electron chi connectivity index (χ1n) is 4.09. The largest absolute Gasteiger partial charge is 0.497 e. The van der Waals surface area contributed by atoms with E-state index in [1.807, 2.05) is 0 Å². The normalized spacial score (nSPS) is 11.1. The minimum Gasteiger partial charge on any atom is -0.497 e. The fraction of sp³-hybridized carbons (Fsp3) is 0.333. The molecule has 0 heterocycles. The molecule has 1 rings (SSSR count). The van der Waals surface area contributed by atoms with Crippen LogP contribution in [0.5, 0.6) is 11.5 Å². The molecular weight excluding hydrogens is 240 g/mol. The van der Waals surface area contributed by atoms with Crippen LogP contribution < -0.4 is 9.47 Å². The fourth-order valence-corrected chi connectivity index (χ4v) is 2.09. The third-order valence-electron chi connectivity index (χ3n) is 1.75. The Hall–Kier alpha value is -0.940. The highest BCUT2D eigenvalue weighted by atomic mass is 35.7. The van der Waals surface area contributed by atoms with Crippen LogP contribution in [0.1, 0.15) is 5.56 Å². The van der Waals surface area contributed by atoms with E-state index in [1.165, 1.54) is 14.2 Å². The van der Waals surface area contributed by atoms with E-state index < -0.39 is 9.05 Å². The van der Waals surface area contributed by atoms with Gasteiger partial charge in [0.1, 0.15) is 11.5 Å². The smallest absolute Gasteiger partial charge is 0.236 e. The van der Waals surface area contributed by atoms with Gasteiger partial charge in [0.25, 0.3) is 0 Å². The monoisotopic (exact) mass is 250 g/mol. The van der Waals surface area contributed by atoms with Gasteiger partial charge in [-0.3, -0.25) is 0 Å². The Morgan fingerprint density at radius 1 is 1.13 bits per heavy atom. The molecule has 0 saturated carbocycles. The highest BCUT2D eigenvalue weighted by Crippen LogP contribution is 2.24. The van der Waals surface area contributed by atoms with E-state index in [2.05, 4.69) is 0 Å². The zero-order chi connectivity index (χ0) is 11.5. The molecular formula is C9H11ClO4S. The van der Waals surface area contributed by atoms with Crippen molar-refractivity contribution in [1.29, 1.82) is 0 Å². The van der Waals surface area contributed by atoms with Gasteiger partial charge in [0.15, 0.2) is 0 Å². The minimum absolute atomic E-state index is 0.248. The SMILES string of the molecule is COc1cc(CS(=O)(=O)Cl)cc(OC)c1. The zero-order valence-electron chi connectivity index (χ0n) is 8.36. The van der Waals surface area contributed by atoms with E-state index in [1.54, 1.807) is 18.2 Å². The molecule has 0 fully saturated rings. The minimum atomic E-state index is -3.57. The second kappa shape index (κ2) is 4.72. The summed E-state index contributed by atoms with van der Waals surface area (Å²) >= 11 is 0. The van der Waals surface area contributed by atoms with Crippen molar-refractivity contribution in [2.24, 2.45) is 0 Å². The molecule has 6 heteroatoms. The van der Waals surface area contributed by atoms with Crippen molar-refractivity contribution in [3.8, 4) is 11.5 Å². The second-order valence-corrected chi connectivity index (χ2v) is 5.68. The fourth-order valence-electron chi connectivity index (χ4n) is 1.15. The molecule has 0 radical (unpaired) electrons. The Kier molecular flexibility index (Phi) is 3.82. The topological polar surface area (TPSA) is 52.6 Å². The predicted molar refractivity (Wildman–Crippen MR) is 58.0 cm³/mol. The van der Waals surface area contributed by atoms with Crippen LogP contribution in [0.3, 0.4) is 0 Å². The van der Waals surface area contributed by atoms with Crippen LogP contribution in [0.15, 0.2) is 18.2 Å². The van der Waals surface area contributed by atoms with Gasteiger partial charge in [-0.1, -0.05) is 0 Å². The summed E-state index contributed by atoms with van der Waals surface area (Å²) in [6.07, 6.45) is 0. The highest BCUT2D eigenvalue weighted by molar-refractivity contribution is 8.13. The Morgan fingerprint density at radius 3 is 1.93 bits per heavy atom. The third kappa shape index (κ3) is 3.97. The molecule has 1 aromatic rings. The summed E-state index contributed by atoms with van der Waals surface area (Å²) in [6, 6.07) is 4.86. The van der Waals surface area contributed by atoms with Crippen LogP contribution in [0.4, 0.5) is 0 Å². The van der Waals surface area contributed by atoms with E-state index in [4.69, 9.17) is 20.2 Å². The maximum absolute atomic E-state index is 10.9. The molecule has 0 aliphatic heterocycles. The van der Waals surface area contributed by atoms with Crippen molar-refractivity contribution in [3.63, 3.8) is 0 Å². The van der Waals surface area contributed by atoms with Crippen LogP contribution in [0.2, 0.25) is 0 Å². The average Bonchev–Trinajstić information content (AvgIpc) is 2.14. The Balaban J connectivity index is 3.07. The van der Waals surface area contributed by atoms with E-state index in [0.29, 0.717) is 17.1 Å². The van der Waals surface area contributed by atoms with Gasteiger partial charge < -0.3 is 9.47 Å². The van der Waals surface area contributed by atoms with Crippen LogP contribution in [-0.4, -0.2) is 22.6 Å². The molecule has 0 spiro atoms. The maximum Gasteiger partial charge on any atom is 0.236 e. The van der Waals surface area contributed by atoms with Gasteiger partial charge in [-0.05, 0) is 17.7 Å².